The van der Waals surface area contributed by atoms with Gasteiger partial charge in [-0.25, -0.2) is 0 Å². The molecule has 92 valence electrons. The van der Waals surface area contributed by atoms with Crippen molar-refractivity contribution in [1.82, 2.24) is 5.32 Å². The first-order valence-electron chi connectivity index (χ1n) is 5.31. The quantitative estimate of drug-likeness (QED) is 0.758. The lowest BCUT2D eigenvalue weighted by Gasteiger charge is -2.29. The Bertz CT molecular complexity index is 290. The average molecular weight is 235 g/mol. The van der Waals surface area contributed by atoms with E-state index in [9.17, 15) is 18.0 Å². The summed E-state index contributed by atoms with van der Waals surface area (Å²) in [4.78, 5) is 11.8. The predicted octanol–water partition coefficient (Wildman–Crippen LogP) is 2.45. The third-order valence-corrected chi connectivity index (χ3v) is 3.14. The van der Waals surface area contributed by atoms with Gasteiger partial charge in [0, 0.05) is 13.0 Å². The molecule has 1 atom stereocenters. The van der Waals surface area contributed by atoms with Crippen molar-refractivity contribution < 1.29 is 18.0 Å². The Hall–Kier alpha value is -0.840. The summed E-state index contributed by atoms with van der Waals surface area (Å²) < 4.78 is 38.8. The molecule has 0 saturated carbocycles. The zero-order valence-corrected chi connectivity index (χ0v) is 9.28. The molecule has 0 aromatic heterocycles. The molecule has 1 unspecified atom stereocenters. The van der Waals surface area contributed by atoms with Crippen LogP contribution < -0.4 is 5.32 Å². The molecule has 0 aromatic rings. The summed E-state index contributed by atoms with van der Waals surface area (Å²) in [6.07, 6.45) is -4.27. The predicted molar refractivity (Wildman–Crippen MR) is 55.0 cm³/mol. The van der Waals surface area contributed by atoms with E-state index in [-0.39, 0.29) is 25.9 Å². The first-order chi connectivity index (χ1) is 7.33. The number of ketones is 1. The highest BCUT2D eigenvalue weighted by molar-refractivity contribution is 5.88. The summed E-state index contributed by atoms with van der Waals surface area (Å²) in [5.41, 5.74) is -1.63. The van der Waals surface area contributed by atoms with Crippen molar-refractivity contribution >= 4 is 5.78 Å². The number of hydrogen-bond acceptors (Lipinski definition) is 2. The SMILES string of the molecule is C=C(CC)CC(=O)C1(C(F)(F)F)CCNC1. The number of halogens is 3. The van der Waals surface area contributed by atoms with E-state index in [0.717, 1.165) is 0 Å². The topological polar surface area (TPSA) is 29.1 Å². The molecule has 0 radical (unpaired) electrons. The highest BCUT2D eigenvalue weighted by Gasteiger charge is 2.60. The van der Waals surface area contributed by atoms with Gasteiger partial charge in [-0.05, 0) is 19.4 Å². The van der Waals surface area contributed by atoms with Crippen LogP contribution in [0.4, 0.5) is 13.2 Å². The smallest absolute Gasteiger partial charge is 0.315 e. The molecule has 1 aliphatic heterocycles. The van der Waals surface area contributed by atoms with Crippen LogP contribution >= 0.6 is 0 Å². The highest BCUT2D eigenvalue weighted by Crippen LogP contribution is 2.44. The van der Waals surface area contributed by atoms with Crippen molar-refractivity contribution in [2.45, 2.75) is 32.4 Å². The molecule has 0 aliphatic carbocycles. The molecule has 0 bridgehead atoms. The maximum atomic E-state index is 12.9. The second kappa shape index (κ2) is 4.57. The van der Waals surface area contributed by atoms with E-state index < -0.39 is 17.4 Å². The maximum Gasteiger partial charge on any atom is 0.402 e. The van der Waals surface area contributed by atoms with E-state index in [0.29, 0.717) is 12.0 Å². The van der Waals surface area contributed by atoms with Gasteiger partial charge in [-0.1, -0.05) is 19.1 Å². The van der Waals surface area contributed by atoms with Gasteiger partial charge in [0.15, 0.2) is 5.78 Å². The Morgan fingerprint density at radius 1 is 1.50 bits per heavy atom. The molecule has 5 heteroatoms. The molecular weight excluding hydrogens is 219 g/mol. The Kier molecular flexibility index (Phi) is 3.78. The van der Waals surface area contributed by atoms with Crippen molar-refractivity contribution in [1.29, 1.82) is 0 Å². The zero-order valence-electron chi connectivity index (χ0n) is 9.28. The third-order valence-electron chi connectivity index (χ3n) is 3.14. The first kappa shape index (κ1) is 13.2. The fourth-order valence-electron chi connectivity index (χ4n) is 1.85. The van der Waals surface area contributed by atoms with Crippen molar-refractivity contribution in [3.8, 4) is 0 Å². The molecule has 0 amide bonds. The molecule has 0 aromatic carbocycles. The Morgan fingerprint density at radius 3 is 2.50 bits per heavy atom. The van der Waals surface area contributed by atoms with Gasteiger partial charge in [0.25, 0.3) is 0 Å². The average Bonchev–Trinajstić information content (AvgIpc) is 2.66. The molecular formula is C11H16F3NO. The molecule has 16 heavy (non-hydrogen) atoms. The maximum absolute atomic E-state index is 12.9. The minimum atomic E-state index is -4.47. The van der Waals surface area contributed by atoms with Crippen LogP contribution in [0, 0.1) is 5.41 Å². The monoisotopic (exact) mass is 235 g/mol. The Morgan fingerprint density at radius 2 is 2.12 bits per heavy atom. The highest BCUT2D eigenvalue weighted by atomic mass is 19.4. The van der Waals surface area contributed by atoms with E-state index in [1.54, 1.807) is 6.92 Å². The third kappa shape index (κ3) is 2.29. The molecule has 1 fully saturated rings. The van der Waals surface area contributed by atoms with Gasteiger partial charge in [-0.3, -0.25) is 4.79 Å². The summed E-state index contributed by atoms with van der Waals surface area (Å²) in [7, 11) is 0. The summed E-state index contributed by atoms with van der Waals surface area (Å²) in [5.74, 6) is -0.753. The van der Waals surface area contributed by atoms with E-state index in [2.05, 4.69) is 11.9 Å². The van der Waals surface area contributed by atoms with Gasteiger partial charge in [-0.2, -0.15) is 13.2 Å². The van der Waals surface area contributed by atoms with Crippen molar-refractivity contribution in [2.24, 2.45) is 5.41 Å². The van der Waals surface area contributed by atoms with Crippen LogP contribution in [0.15, 0.2) is 12.2 Å². The molecule has 0 spiro atoms. The van der Waals surface area contributed by atoms with Crippen LogP contribution in [-0.2, 0) is 4.79 Å². The zero-order chi connectivity index (χ0) is 12.4. The van der Waals surface area contributed by atoms with Crippen molar-refractivity contribution in [2.75, 3.05) is 13.1 Å². The largest absolute Gasteiger partial charge is 0.402 e. The lowest BCUT2D eigenvalue weighted by Crippen LogP contribution is -2.46. The Labute approximate surface area is 92.9 Å². The molecule has 1 saturated heterocycles. The second-order valence-electron chi connectivity index (χ2n) is 4.21. The summed E-state index contributed by atoms with van der Waals surface area (Å²) in [6, 6.07) is 0. The minimum Gasteiger partial charge on any atom is -0.315 e. The number of allylic oxidation sites excluding steroid dienone is 1. The fourth-order valence-corrected chi connectivity index (χ4v) is 1.85. The van der Waals surface area contributed by atoms with E-state index >= 15 is 0 Å². The number of hydrogen-bond donors (Lipinski definition) is 1. The van der Waals surface area contributed by atoms with Crippen LogP contribution in [-0.4, -0.2) is 25.0 Å². The number of nitrogens with one attached hydrogen (secondary N) is 1. The molecule has 1 aliphatic rings. The second-order valence-corrected chi connectivity index (χ2v) is 4.21. The van der Waals surface area contributed by atoms with Crippen molar-refractivity contribution in [3.63, 3.8) is 0 Å². The van der Waals surface area contributed by atoms with Crippen LogP contribution in [0.1, 0.15) is 26.2 Å². The van der Waals surface area contributed by atoms with Crippen LogP contribution in [0.25, 0.3) is 0 Å². The first-order valence-corrected chi connectivity index (χ1v) is 5.31. The van der Waals surface area contributed by atoms with Crippen LogP contribution in [0.3, 0.4) is 0 Å². The van der Waals surface area contributed by atoms with E-state index in [1.807, 2.05) is 0 Å². The lowest BCUT2D eigenvalue weighted by molar-refractivity contribution is -0.214. The van der Waals surface area contributed by atoms with Crippen molar-refractivity contribution in [3.05, 3.63) is 12.2 Å². The Balaban J connectivity index is 2.86. The number of carbonyl (C=O) groups excluding carboxylic acids is 1. The van der Waals surface area contributed by atoms with Gasteiger partial charge >= 0.3 is 6.18 Å². The van der Waals surface area contributed by atoms with E-state index in [4.69, 9.17) is 0 Å². The van der Waals surface area contributed by atoms with Gasteiger partial charge < -0.3 is 5.32 Å². The van der Waals surface area contributed by atoms with Gasteiger partial charge in [0.2, 0.25) is 0 Å². The fraction of sp³-hybridized carbons (Fsp3) is 0.727. The number of carbonyl (C=O) groups is 1. The number of alkyl halides is 3. The summed E-state index contributed by atoms with van der Waals surface area (Å²) in [5, 5.41) is 2.62. The van der Waals surface area contributed by atoms with Gasteiger partial charge in [-0.15, -0.1) is 0 Å². The van der Waals surface area contributed by atoms with E-state index in [1.165, 1.54) is 0 Å². The van der Waals surface area contributed by atoms with Gasteiger partial charge in [0.1, 0.15) is 5.41 Å². The summed E-state index contributed by atoms with van der Waals surface area (Å²) in [6.45, 7) is 5.31. The van der Waals surface area contributed by atoms with Gasteiger partial charge in [0.05, 0.1) is 0 Å². The summed E-state index contributed by atoms with van der Waals surface area (Å²) >= 11 is 0. The van der Waals surface area contributed by atoms with Crippen LogP contribution in [0.2, 0.25) is 0 Å². The standard InChI is InChI=1S/C11H16F3NO/c1-3-8(2)6-9(16)10(11(12,13)14)4-5-15-7-10/h15H,2-7H2,1H3. The lowest BCUT2D eigenvalue weighted by atomic mass is 9.79. The minimum absolute atomic E-state index is 0.160. The molecule has 1 rings (SSSR count). The number of rotatable bonds is 4. The normalized spacial score (nSPS) is 25.8. The number of Topliss-reactive ketones (excluding diaryl/α,β-unsaturated/α-hetero) is 1. The molecule has 1 N–H and O–H groups in total. The molecule has 1 heterocycles. The molecule has 2 nitrogen and oxygen atoms in total. The van der Waals surface area contributed by atoms with Crippen LogP contribution in [0.5, 0.6) is 0 Å².